The van der Waals surface area contributed by atoms with Crippen LogP contribution in [0.5, 0.6) is 5.75 Å². The fourth-order valence-corrected chi connectivity index (χ4v) is 6.21. The molecule has 2 aromatic rings. The number of ether oxygens (including phenoxy) is 1. The third-order valence-electron chi connectivity index (χ3n) is 6.50. The van der Waals surface area contributed by atoms with Gasteiger partial charge in [0, 0.05) is 26.2 Å². The molecule has 1 saturated heterocycles. The molecule has 1 fully saturated rings. The van der Waals surface area contributed by atoms with Gasteiger partial charge < -0.3 is 15.0 Å². The van der Waals surface area contributed by atoms with Gasteiger partial charge in [-0.05, 0) is 48.2 Å². The van der Waals surface area contributed by atoms with E-state index < -0.39 is 16.1 Å². The minimum atomic E-state index is -3.69. The van der Waals surface area contributed by atoms with Gasteiger partial charge in [0.25, 0.3) is 0 Å². The van der Waals surface area contributed by atoms with Gasteiger partial charge in [-0.25, -0.2) is 8.42 Å². The number of methoxy groups -OCH3 is 1. The minimum absolute atomic E-state index is 0.00713. The molecule has 2 aliphatic heterocycles. The SMILES string of the molecule is COc1ccc(S(=O)(=O)N2CCCCCC2)cc1NC(=O)C[C@H]1c2ccccc2C=CN1C(C)=O. The molecule has 0 spiro atoms. The van der Waals surface area contributed by atoms with Gasteiger partial charge in [0.15, 0.2) is 0 Å². The standard InChI is InChI=1S/C26H31N3O5S/c1-19(30)29-16-13-20-9-5-6-10-22(20)24(29)18-26(31)27-23-17-21(11-12-25(23)34-2)35(32,33)28-14-7-3-4-8-15-28/h5-6,9-13,16-17,24H,3-4,7-8,14-15,18H2,1-2H3,(H,27,31)/t24-/m0/s1. The lowest BCUT2D eigenvalue weighted by Crippen LogP contribution is -2.33. The number of nitrogens with one attached hydrogen (secondary N) is 1. The summed E-state index contributed by atoms with van der Waals surface area (Å²) in [6.45, 7) is 2.44. The highest BCUT2D eigenvalue weighted by Crippen LogP contribution is 2.34. The predicted octanol–water partition coefficient (Wildman–Crippen LogP) is 4.16. The first-order valence-corrected chi connectivity index (χ1v) is 13.3. The molecule has 1 N–H and O–H groups in total. The molecule has 0 aliphatic carbocycles. The molecule has 0 bridgehead atoms. The Balaban J connectivity index is 1.58. The van der Waals surface area contributed by atoms with Crippen molar-refractivity contribution in [2.24, 2.45) is 0 Å². The summed E-state index contributed by atoms with van der Waals surface area (Å²) in [6, 6.07) is 11.7. The average Bonchev–Trinajstić information content (AvgIpc) is 3.14. The summed E-state index contributed by atoms with van der Waals surface area (Å²) in [5, 5.41) is 2.82. The van der Waals surface area contributed by atoms with Crippen LogP contribution in [-0.4, -0.2) is 49.6 Å². The number of benzene rings is 2. The van der Waals surface area contributed by atoms with Crippen LogP contribution < -0.4 is 10.1 Å². The summed E-state index contributed by atoms with van der Waals surface area (Å²) < 4.78 is 33.4. The number of amides is 2. The second kappa shape index (κ2) is 10.6. The van der Waals surface area contributed by atoms with Gasteiger partial charge in [-0.2, -0.15) is 4.31 Å². The third-order valence-corrected chi connectivity index (χ3v) is 8.39. The Kier molecular flexibility index (Phi) is 7.57. The molecule has 2 amide bonds. The first-order chi connectivity index (χ1) is 16.8. The second-order valence-electron chi connectivity index (χ2n) is 8.82. The van der Waals surface area contributed by atoms with Gasteiger partial charge in [0.05, 0.1) is 30.2 Å². The van der Waals surface area contributed by atoms with E-state index in [9.17, 15) is 18.0 Å². The quantitative estimate of drug-likeness (QED) is 0.647. The van der Waals surface area contributed by atoms with Gasteiger partial charge in [0.1, 0.15) is 5.75 Å². The van der Waals surface area contributed by atoms with E-state index in [0.717, 1.165) is 36.8 Å². The summed E-state index contributed by atoms with van der Waals surface area (Å²) >= 11 is 0. The molecule has 0 radical (unpaired) electrons. The van der Waals surface area contributed by atoms with Crippen LogP contribution in [0.1, 0.15) is 56.2 Å². The number of sulfonamides is 1. The maximum absolute atomic E-state index is 13.3. The molecule has 4 rings (SSSR count). The maximum Gasteiger partial charge on any atom is 0.243 e. The lowest BCUT2D eigenvalue weighted by Gasteiger charge is -2.32. The number of anilines is 1. The van der Waals surface area contributed by atoms with Gasteiger partial charge in [-0.1, -0.05) is 37.1 Å². The van der Waals surface area contributed by atoms with Crippen LogP contribution >= 0.6 is 0 Å². The lowest BCUT2D eigenvalue weighted by atomic mass is 9.93. The third kappa shape index (κ3) is 5.41. The Hall–Kier alpha value is -3.17. The smallest absolute Gasteiger partial charge is 0.243 e. The molecular formula is C26H31N3O5S. The van der Waals surface area contributed by atoms with E-state index in [0.29, 0.717) is 18.8 Å². The Morgan fingerprint density at radius 3 is 2.46 bits per heavy atom. The zero-order valence-electron chi connectivity index (χ0n) is 20.1. The van der Waals surface area contributed by atoms with E-state index in [-0.39, 0.29) is 28.8 Å². The Bertz CT molecular complexity index is 1230. The Morgan fingerprint density at radius 1 is 1.06 bits per heavy atom. The topological polar surface area (TPSA) is 96.0 Å². The van der Waals surface area contributed by atoms with E-state index in [1.165, 1.54) is 30.5 Å². The second-order valence-corrected chi connectivity index (χ2v) is 10.8. The fraction of sp³-hybridized carbons (Fsp3) is 0.385. The van der Waals surface area contributed by atoms with E-state index >= 15 is 0 Å². The summed E-state index contributed by atoms with van der Waals surface area (Å²) in [5.41, 5.74) is 2.11. The summed E-state index contributed by atoms with van der Waals surface area (Å²) in [5.74, 6) is -0.161. The van der Waals surface area contributed by atoms with Crippen LogP contribution in [-0.2, 0) is 19.6 Å². The monoisotopic (exact) mass is 497 g/mol. The fourth-order valence-electron chi connectivity index (χ4n) is 4.67. The lowest BCUT2D eigenvalue weighted by molar-refractivity contribution is -0.129. The number of nitrogens with zero attached hydrogens (tertiary/aromatic N) is 2. The number of hydrogen-bond donors (Lipinski definition) is 1. The number of carbonyl (C=O) groups is 2. The van der Waals surface area contributed by atoms with E-state index in [1.807, 2.05) is 30.3 Å². The van der Waals surface area contributed by atoms with Crippen molar-refractivity contribution in [3.8, 4) is 5.75 Å². The number of carbonyl (C=O) groups excluding carboxylic acids is 2. The zero-order chi connectivity index (χ0) is 25.0. The first-order valence-electron chi connectivity index (χ1n) is 11.9. The highest BCUT2D eigenvalue weighted by Gasteiger charge is 2.29. The Labute approximate surface area is 206 Å². The van der Waals surface area contributed by atoms with Crippen molar-refractivity contribution >= 4 is 33.6 Å². The molecule has 0 aromatic heterocycles. The van der Waals surface area contributed by atoms with Crippen molar-refractivity contribution in [3.05, 3.63) is 59.8 Å². The van der Waals surface area contributed by atoms with Crippen molar-refractivity contribution in [3.63, 3.8) is 0 Å². The van der Waals surface area contributed by atoms with Gasteiger partial charge in [0.2, 0.25) is 21.8 Å². The highest BCUT2D eigenvalue weighted by molar-refractivity contribution is 7.89. The molecule has 1 atom stereocenters. The van der Waals surface area contributed by atoms with Crippen LogP contribution in [0.3, 0.4) is 0 Å². The van der Waals surface area contributed by atoms with Crippen molar-refractivity contribution in [2.75, 3.05) is 25.5 Å². The number of hydrogen-bond acceptors (Lipinski definition) is 5. The van der Waals surface area contributed by atoms with E-state index in [2.05, 4.69) is 5.32 Å². The molecule has 0 saturated carbocycles. The highest BCUT2D eigenvalue weighted by atomic mass is 32.2. The van der Waals surface area contributed by atoms with Crippen molar-refractivity contribution in [2.45, 2.75) is 50.0 Å². The van der Waals surface area contributed by atoms with Crippen LogP contribution in [0.4, 0.5) is 5.69 Å². The maximum atomic E-state index is 13.3. The molecule has 186 valence electrons. The molecule has 35 heavy (non-hydrogen) atoms. The summed E-state index contributed by atoms with van der Waals surface area (Å²) in [4.78, 5) is 27.0. The number of rotatable bonds is 6. The van der Waals surface area contributed by atoms with Crippen LogP contribution in [0.2, 0.25) is 0 Å². The van der Waals surface area contributed by atoms with Gasteiger partial charge >= 0.3 is 0 Å². The molecule has 2 aromatic carbocycles. The predicted molar refractivity (Wildman–Crippen MR) is 134 cm³/mol. The molecule has 2 aliphatic rings. The molecule has 8 nitrogen and oxygen atoms in total. The molecular weight excluding hydrogens is 466 g/mol. The van der Waals surface area contributed by atoms with Crippen LogP contribution in [0, 0.1) is 0 Å². The normalized spacial score (nSPS) is 18.5. The van der Waals surface area contributed by atoms with Crippen molar-refractivity contribution < 1.29 is 22.7 Å². The van der Waals surface area contributed by atoms with Gasteiger partial charge in [-0.15, -0.1) is 0 Å². The van der Waals surface area contributed by atoms with Crippen molar-refractivity contribution in [1.29, 1.82) is 0 Å². The summed E-state index contributed by atoms with van der Waals surface area (Å²) in [6.07, 6.45) is 7.27. The largest absolute Gasteiger partial charge is 0.495 e. The zero-order valence-corrected chi connectivity index (χ0v) is 20.9. The Morgan fingerprint density at radius 2 is 1.77 bits per heavy atom. The number of fused-ring (bicyclic) bond motifs is 1. The van der Waals surface area contributed by atoms with Gasteiger partial charge in [-0.3, -0.25) is 9.59 Å². The first kappa shape index (κ1) is 24.9. The van der Waals surface area contributed by atoms with Crippen molar-refractivity contribution in [1.82, 2.24) is 9.21 Å². The van der Waals surface area contributed by atoms with E-state index in [1.54, 1.807) is 17.2 Å². The molecule has 0 unspecified atom stereocenters. The summed E-state index contributed by atoms with van der Waals surface area (Å²) in [7, 11) is -2.23. The molecule has 9 heteroatoms. The van der Waals surface area contributed by atoms with Crippen LogP contribution in [0.25, 0.3) is 6.08 Å². The average molecular weight is 498 g/mol. The van der Waals surface area contributed by atoms with E-state index in [4.69, 9.17) is 4.74 Å². The molecule has 2 heterocycles. The van der Waals surface area contributed by atoms with Crippen LogP contribution in [0.15, 0.2) is 53.6 Å². The minimum Gasteiger partial charge on any atom is -0.495 e.